The molecule has 22 heavy (non-hydrogen) atoms. The molecule has 0 saturated heterocycles. The number of carbonyl (C=O) groups excluding carboxylic acids is 1. The maximum absolute atomic E-state index is 12.2. The highest BCUT2D eigenvalue weighted by atomic mass is 35.5. The number of ketones is 1. The number of aryl methyl sites for hydroxylation is 1. The molecule has 1 heterocycles. The predicted molar refractivity (Wildman–Crippen MR) is 91.0 cm³/mol. The molecule has 0 aliphatic rings. The standard InChI is InChI=1S/C18H17ClN2O/c1-3-6-15(21-12-5-11-20-21)7-4-8-18(22)16-13-14(2)9-10-17(16)19/h3-13H,1-2H3/b6-3-,8-4+,15-7+. The monoisotopic (exact) mass is 312 g/mol. The Bertz CT molecular complexity index is 740. The zero-order valence-electron chi connectivity index (χ0n) is 12.5. The third-order valence-electron chi connectivity index (χ3n) is 3.01. The molecule has 0 aliphatic carbocycles. The van der Waals surface area contributed by atoms with Gasteiger partial charge in [0, 0.05) is 18.0 Å². The molecule has 2 aromatic rings. The zero-order chi connectivity index (χ0) is 15.9. The van der Waals surface area contributed by atoms with Crippen LogP contribution in [0.5, 0.6) is 0 Å². The van der Waals surface area contributed by atoms with Gasteiger partial charge in [-0.25, -0.2) is 4.68 Å². The molecule has 0 atom stereocenters. The second kappa shape index (κ2) is 7.57. The minimum Gasteiger partial charge on any atom is -0.289 e. The van der Waals surface area contributed by atoms with Crippen LogP contribution in [0.1, 0.15) is 22.8 Å². The lowest BCUT2D eigenvalue weighted by atomic mass is 10.1. The van der Waals surface area contributed by atoms with Gasteiger partial charge in [-0.1, -0.05) is 35.4 Å². The number of hydrogen-bond donors (Lipinski definition) is 0. The van der Waals surface area contributed by atoms with Gasteiger partial charge in [0.05, 0.1) is 10.7 Å². The molecule has 1 aromatic heterocycles. The smallest absolute Gasteiger partial charge is 0.187 e. The van der Waals surface area contributed by atoms with Crippen molar-refractivity contribution in [2.24, 2.45) is 0 Å². The van der Waals surface area contributed by atoms with Gasteiger partial charge in [-0.15, -0.1) is 0 Å². The van der Waals surface area contributed by atoms with Crippen molar-refractivity contribution in [1.82, 2.24) is 9.78 Å². The van der Waals surface area contributed by atoms with Crippen LogP contribution in [0.15, 0.2) is 67.0 Å². The van der Waals surface area contributed by atoms with Crippen molar-refractivity contribution in [3.05, 3.63) is 83.2 Å². The van der Waals surface area contributed by atoms with Crippen LogP contribution in [0.3, 0.4) is 0 Å². The average Bonchev–Trinajstić information content (AvgIpc) is 3.03. The highest BCUT2D eigenvalue weighted by Crippen LogP contribution is 2.18. The number of benzene rings is 1. The molecule has 3 nitrogen and oxygen atoms in total. The molecule has 0 N–H and O–H groups in total. The van der Waals surface area contributed by atoms with Gasteiger partial charge >= 0.3 is 0 Å². The van der Waals surface area contributed by atoms with Gasteiger partial charge in [0.1, 0.15) is 0 Å². The van der Waals surface area contributed by atoms with Gasteiger partial charge < -0.3 is 0 Å². The predicted octanol–water partition coefficient (Wildman–Crippen LogP) is 4.70. The molecular weight excluding hydrogens is 296 g/mol. The molecule has 0 aliphatic heterocycles. The van der Waals surface area contributed by atoms with Crippen molar-refractivity contribution in [2.75, 3.05) is 0 Å². The highest BCUT2D eigenvalue weighted by molar-refractivity contribution is 6.34. The summed E-state index contributed by atoms with van der Waals surface area (Å²) in [7, 11) is 0. The Balaban J connectivity index is 2.21. The second-order valence-corrected chi connectivity index (χ2v) is 5.16. The first-order valence-corrected chi connectivity index (χ1v) is 7.31. The van der Waals surface area contributed by atoms with E-state index in [9.17, 15) is 4.79 Å². The van der Waals surface area contributed by atoms with Gasteiger partial charge in [0.15, 0.2) is 5.78 Å². The van der Waals surface area contributed by atoms with E-state index < -0.39 is 0 Å². The maximum Gasteiger partial charge on any atom is 0.187 e. The Morgan fingerprint density at radius 3 is 2.82 bits per heavy atom. The van der Waals surface area contributed by atoms with Crippen LogP contribution >= 0.6 is 11.6 Å². The minimum atomic E-state index is -0.120. The van der Waals surface area contributed by atoms with E-state index in [1.807, 2.05) is 50.4 Å². The Morgan fingerprint density at radius 2 is 2.14 bits per heavy atom. The number of allylic oxidation sites excluding steroid dienone is 6. The van der Waals surface area contributed by atoms with Gasteiger partial charge in [0.25, 0.3) is 0 Å². The fraction of sp³-hybridized carbons (Fsp3) is 0.111. The SMILES string of the molecule is C\C=C/C(=C\C=C\C(=O)c1cc(C)ccc1Cl)n1cccn1. The van der Waals surface area contributed by atoms with Crippen LogP contribution in [0.25, 0.3) is 5.70 Å². The lowest BCUT2D eigenvalue weighted by Gasteiger charge is -2.02. The van der Waals surface area contributed by atoms with E-state index in [1.165, 1.54) is 6.08 Å². The summed E-state index contributed by atoms with van der Waals surface area (Å²) in [4.78, 5) is 12.2. The van der Waals surface area contributed by atoms with Crippen molar-refractivity contribution in [3.63, 3.8) is 0 Å². The van der Waals surface area contributed by atoms with Gasteiger partial charge in [-0.3, -0.25) is 4.79 Å². The molecule has 2 rings (SSSR count). The van der Waals surface area contributed by atoms with E-state index in [4.69, 9.17) is 11.6 Å². The number of hydrogen-bond acceptors (Lipinski definition) is 2. The van der Waals surface area contributed by atoms with E-state index in [2.05, 4.69) is 5.10 Å². The number of rotatable bonds is 5. The van der Waals surface area contributed by atoms with E-state index >= 15 is 0 Å². The summed E-state index contributed by atoms with van der Waals surface area (Å²) in [5.41, 5.74) is 2.38. The lowest BCUT2D eigenvalue weighted by molar-refractivity contribution is 0.104. The molecule has 0 unspecified atom stereocenters. The Labute approximate surface area is 135 Å². The van der Waals surface area contributed by atoms with Crippen LogP contribution in [-0.2, 0) is 0 Å². The van der Waals surface area contributed by atoms with Crippen molar-refractivity contribution < 1.29 is 4.79 Å². The van der Waals surface area contributed by atoms with Crippen LogP contribution < -0.4 is 0 Å². The van der Waals surface area contributed by atoms with Crippen LogP contribution in [0.4, 0.5) is 0 Å². The fourth-order valence-corrected chi connectivity index (χ4v) is 2.16. The molecule has 0 bridgehead atoms. The van der Waals surface area contributed by atoms with Crippen molar-refractivity contribution in [1.29, 1.82) is 0 Å². The lowest BCUT2D eigenvalue weighted by Crippen LogP contribution is -1.97. The maximum atomic E-state index is 12.2. The minimum absolute atomic E-state index is 0.120. The highest BCUT2D eigenvalue weighted by Gasteiger charge is 2.06. The number of carbonyl (C=O) groups is 1. The fourth-order valence-electron chi connectivity index (χ4n) is 1.95. The summed E-state index contributed by atoms with van der Waals surface area (Å²) in [6.07, 6.45) is 12.4. The summed E-state index contributed by atoms with van der Waals surface area (Å²) < 4.78 is 1.73. The molecule has 0 radical (unpaired) electrons. The molecule has 1 aromatic carbocycles. The number of aromatic nitrogens is 2. The molecule has 0 spiro atoms. The summed E-state index contributed by atoms with van der Waals surface area (Å²) in [5, 5.41) is 4.64. The summed E-state index contributed by atoms with van der Waals surface area (Å²) in [5.74, 6) is -0.120. The molecule has 4 heteroatoms. The summed E-state index contributed by atoms with van der Waals surface area (Å²) >= 11 is 6.07. The first kappa shape index (κ1) is 16.0. The molecule has 0 fully saturated rings. The molecular formula is C18H17ClN2O. The van der Waals surface area contributed by atoms with E-state index in [0.717, 1.165) is 11.3 Å². The number of nitrogens with zero attached hydrogens (tertiary/aromatic N) is 2. The van der Waals surface area contributed by atoms with E-state index in [-0.39, 0.29) is 5.78 Å². The van der Waals surface area contributed by atoms with Crippen LogP contribution in [0, 0.1) is 6.92 Å². The average molecular weight is 313 g/mol. The second-order valence-electron chi connectivity index (χ2n) is 4.75. The van der Waals surface area contributed by atoms with E-state index in [0.29, 0.717) is 10.6 Å². The summed E-state index contributed by atoms with van der Waals surface area (Å²) in [6, 6.07) is 7.26. The van der Waals surface area contributed by atoms with Crippen LogP contribution in [0.2, 0.25) is 5.02 Å². The van der Waals surface area contributed by atoms with Crippen molar-refractivity contribution in [3.8, 4) is 0 Å². The zero-order valence-corrected chi connectivity index (χ0v) is 13.3. The Kier molecular flexibility index (Phi) is 5.50. The van der Waals surface area contributed by atoms with Crippen molar-refractivity contribution in [2.45, 2.75) is 13.8 Å². The normalized spacial score (nSPS) is 12.4. The first-order valence-electron chi connectivity index (χ1n) is 6.93. The Hall–Kier alpha value is -2.39. The molecule has 0 amide bonds. The third-order valence-corrected chi connectivity index (χ3v) is 3.34. The quantitative estimate of drug-likeness (QED) is 0.455. The van der Waals surface area contributed by atoms with E-state index in [1.54, 1.807) is 29.1 Å². The molecule has 0 saturated carbocycles. The van der Waals surface area contributed by atoms with Crippen LogP contribution in [-0.4, -0.2) is 15.6 Å². The largest absolute Gasteiger partial charge is 0.289 e. The summed E-state index contributed by atoms with van der Waals surface area (Å²) in [6.45, 7) is 3.86. The first-order chi connectivity index (χ1) is 10.6. The van der Waals surface area contributed by atoms with Crippen molar-refractivity contribution >= 4 is 23.1 Å². The topological polar surface area (TPSA) is 34.9 Å². The number of halogens is 1. The molecule has 112 valence electrons. The van der Waals surface area contributed by atoms with Gasteiger partial charge in [0.2, 0.25) is 0 Å². The Morgan fingerprint density at radius 1 is 1.32 bits per heavy atom. The third kappa shape index (κ3) is 4.06. The van der Waals surface area contributed by atoms with Gasteiger partial charge in [-0.2, -0.15) is 5.10 Å². The van der Waals surface area contributed by atoms with Gasteiger partial charge in [-0.05, 0) is 50.3 Å².